The minimum absolute atomic E-state index is 0.735. The third-order valence-electron chi connectivity index (χ3n) is 2.84. The SMILES string of the molecule is C/C=N/c1cccc(OCCC[Si](C)(C)OC)c1. The van der Waals surface area contributed by atoms with Crippen molar-refractivity contribution < 1.29 is 9.16 Å². The van der Waals surface area contributed by atoms with Crippen LogP contribution in [0, 0.1) is 0 Å². The second-order valence-electron chi connectivity index (χ2n) is 4.80. The molecule has 1 rings (SSSR count). The summed E-state index contributed by atoms with van der Waals surface area (Å²) in [6.45, 7) is 7.09. The molecule has 0 heterocycles. The van der Waals surface area contributed by atoms with Crippen LogP contribution in [-0.2, 0) is 4.43 Å². The van der Waals surface area contributed by atoms with Crippen molar-refractivity contribution in [1.82, 2.24) is 0 Å². The lowest BCUT2D eigenvalue weighted by Crippen LogP contribution is -2.28. The van der Waals surface area contributed by atoms with E-state index in [9.17, 15) is 0 Å². The number of benzene rings is 1. The third-order valence-corrected chi connectivity index (χ3v) is 5.50. The number of hydrogen-bond donors (Lipinski definition) is 0. The Kier molecular flexibility index (Phi) is 6.08. The van der Waals surface area contributed by atoms with E-state index in [1.54, 1.807) is 13.3 Å². The van der Waals surface area contributed by atoms with Crippen molar-refractivity contribution in [2.24, 2.45) is 4.99 Å². The lowest BCUT2D eigenvalue weighted by atomic mass is 10.3. The summed E-state index contributed by atoms with van der Waals surface area (Å²) in [5.41, 5.74) is 0.932. The molecule has 1 aromatic carbocycles. The van der Waals surface area contributed by atoms with Crippen LogP contribution < -0.4 is 4.74 Å². The summed E-state index contributed by atoms with van der Waals surface area (Å²) in [4.78, 5) is 4.23. The molecule has 4 heteroatoms. The highest BCUT2D eigenvalue weighted by molar-refractivity contribution is 6.71. The van der Waals surface area contributed by atoms with Gasteiger partial charge in [-0.05, 0) is 44.6 Å². The highest BCUT2D eigenvalue weighted by Crippen LogP contribution is 2.20. The summed E-state index contributed by atoms with van der Waals surface area (Å²) in [5.74, 6) is 0.884. The maximum atomic E-state index is 5.73. The predicted molar refractivity (Wildman–Crippen MR) is 79.7 cm³/mol. The van der Waals surface area contributed by atoms with Gasteiger partial charge in [-0.15, -0.1) is 0 Å². The zero-order valence-corrected chi connectivity index (χ0v) is 12.8. The van der Waals surface area contributed by atoms with E-state index in [-0.39, 0.29) is 0 Å². The van der Waals surface area contributed by atoms with Crippen molar-refractivity contribution in [3.05, 3.63) is 24.3 Å². The summed E-state index contributed by atoms with van der Waals surface area (Å²) < 4.78 is 11.2. The normalized spacial score (nSPS) is 12.0. The van der Waals surface area contributed by atoms with Gasteiger partial charge in [0.1, 0.15) is 5.75 Å². The first-order chi connectivity index (χ1) is 8.57. The van der Waals surface area contributed by atoms with Crippen LogP contribution in [0.1, 0.15) is 13.3 Å². The zero-order chi connectivity index (χ0) is 13.4. The summed E-state index contributed by atoms with van der Waals surface area (Å²) in [7, 11) is 0.362. The zero-order valence-electron chi connectivity index (χ0n) is 11.8. The van der Waals surface area contributed by atoms with Gasteiger partial charge in [0, 0.05) is 19.4 Å². The molecule has 0 atom stereocenters. The quantitative estimate of drug-likeness (QED) is 0.423. The fourth-order valence-electron chi connectivity index (χ4n) is 1.59. The Morgan fingerprint density at radius 3 is 2.78 bits per heavy atom. The highest BCUT2D eigenvalue weighted by atomic mass is 28.4. The maximum absolute atomic E-state index is 5.73. The fourth-order valence-corrected chi connectivity index (χ4v) is 2.79. The summed E-state index contributed by atoms with van der Waals surface area (Å²) in [6, 6.07) is 8.97. The molecule has 0 saturated carbocycles. The van der Waals surface area contributed by atoms with E-state index in [4.69, 9.17) is 9.16 Å². The average Bonchev–Trinajstić information content (AvgIpc) is 2.36. The second kappa shape index (κ2) is 7.33. The van der Waals surface area contributed by atoms with Gasteiger partial charge in [-0.3, -0.25) is 4.99 Å². The molecule has 0 aliphatic rings. The van der Waals surface area contributed by atoms with Crippen LogP contribution >= 0.6 is 0 Å². The third kappa shape index (κ3) is 5.47. The molecule has 0 N–H and O–H groups in total. The fraction of sp³-hybridized carbons (Fsp3) is 0.500. The van der Waals surface area contributed by atoms with Crippen LogP contribution in [0.25, 0.3) is 0 Å². The van der Waals surface area contributed by atoms with Crippen LogP contribution in [0.4, 0.5) is 5.69 Å². The molecule has 1 aromatic rings. The van der Waals surface area contributed by atoms with Gasteiger partial charge >= 0.3 is 0 Å². The summed E-state index contributed by atoms with van der Waals surface area (Å²) in [6.07, 6.45) is 2.82. The van der Waals surface area contributed by atoms with Crippen LogP contribution in [0.15, 0.2) is 29.3 Å². The van der Waals surface area contributed by atoms with Crippen molar-refractivity contribution in [3.8, 4) is 5.75 Å². The van der Waals surface area contributed by atoms with E-state index in [0.29, 0.717) is 0 Å². The van der Waals surface area contributed by atoms with Gasteiger partial charge in [-0.2, -0.15) is 0 Å². The monoisotopic (exact) mass is 265 g/mol. The van der Waals surface area contributed by atoms with Gasteiger partial charge in [-0.1, -0.05) is 6.07 Å². The molecule has 0 saturated heterocycles. The van der Waals surface area contributed by atoms with Crippen molar-refractivity contribution in [2.75, 3.05) is 13.7 Å². The molecule has 3 nitrogen and oxygen atoms in total. The van der Waals surface area contributed by atoms with E-state index in [1.807, 2.05) is 31.2 Å². The van der Waals surface area contributed by atoms with Crippen LogP contribution in [0.5, 0.6) is 5.75 Å². The van der Waals surface area contributed by atoms with Gasteiger partial charge in [-0.25, -0.2) is 0 Å². The largest absolute Gasteiger partial charge is 0.494 e. The molecule has 0 aliphatic carbocycles. The molecule has 0 unspecified atom stereocenters. The first-order valence-corrected chi connectivity index (χ1v) is 9.45. The number of rotatable bonds is 7. The lowest BCUT2D eigenvalue weighted by molar-refractivity contribution is 0.312. The van der Waals surface area contributed by atoms with E-state index in [2.05, 4.69) is 18.1 Å². The van der Waals surface area contributed by atoms with Crippen LogP contribution in [0.3, 0.4) is 0 Å². The van der Waals surface area contributed by atoms with Crippen molar-refractivity contribution in [1.29, 1.82) is 0 Å². The lowest BCUT2D eigenvalue weighted by Gasteiger charge is -2.19. The first kappa shape index (κ1) is 14.9. The van der Waals surface area contributed by atoms with Crippen LogP contribution in [-0.4, -0.2) is 28.2 Å². The Balaban J connectivity index is 2.37. The Morgan fingerprint density at radius 1 is 1.33 bits per heavy atom. The van der Waals surface area contributed by atoms with Crippen molar-refractivity contribution in [2.45, 2.75) is 32.5 Å². The van der Waals surface area contributed by atoms with E-state index >= 15 is 0 Å². The molecule has 0 aliphatic heterocycles. The molecule has 0 bridgehead atoms. The van der Waals surface area contributed by atoms with Gasteiger partial charge in [0.2, 0.25) is 0 Å². The molecule has 18 heavy (non-hydrogen) atoms. The minimum atomic E-state index is -1.44. The number of ether oxygens (including phenoxy) is 1. The Labute approximate surface area is 111 Å². The molecule has 0 aromatic heterocycles. The molecule has 0 spiro atoms. The standard InChI is InChI=1S/C14H23NO2Si/c1-5-15-13-8-6-9-14(12-13)17-10-7-11-18(3,4)16-2/h5-6,8-9,12H,7,10-11H2,1-4H3/b15-5+. The minimum Gasteiger partial charge on any atom is -0.494 e. The van der Waals surface area contributed by atoms with Gasteiger partial charge in [0.25, 0.3) is 0 Å². The van der Waals surface area contributed by atoms with Crippen LogP contribution in [0.2, 0.25) is 19.1 Å². The Hall–Kier alpha value is -1.13. The topological polar surface area (TPSA) is 30.8 Å². The second-order valence-corrected chi connectivity index (χ2v) is 9.23. The van der Waals surface area contributed by atoms with Crippen molar-refractivity contribution >= 4 is 20.2 Å². The first-order valence-electron chi connectivity index (χ1n) is 6.34. The van der Waals surface area contributed by atoms with Gasteiger partial charge in [0.05, 0.1) is 12.3 Å². The van der Waals surface area contributed by atoms with Gasteiger partial charge < -0.3 is 9.16 Å². The predicted octanol–water partition coefficient (Wildman–Crippen LogP) is 4.03. The average molecular weight is 265 g/mol. The molecule has 0 fully saturated rings. The van der Waals surface area contributed by atoms with E-state index in [0.717, 1.165) is 30.5 Å². The van der Waals surface area contributed by atoms with Gasteiger partial charge in [0.15, 0.2) is 8.32 Å². The summed E-state index contributed by atoms with van der Waals surface area (Å²) in [5, 5.41) is 0. The Morgan fingerprint density at radius 2 is 2.11 bits per heavy atom. The molecular formula is C14H23NO2Si. The molecular weight excluding hydrogens is 242 g/mol. The Bertz CT molecular complexity index is 391. The highest BCUT2D eigenvalue weighted by Gasteiger charge is 2.19. The number of aliphatic imine (C=N–C) groups is 1. The molecule has 0 radical (unpaired) electrons. The number of nitrogens with zero attached hydrogens (tertiary/aromatic N) is 1. The maximum Gasteiger partial charge on any atom is 0.186 e. The smallest absolute Gasteiger partial charge is 0.186 e. The van der Waals surface area contributed by atoms with Crippen molar-refractivity contribution in [3.63, 3.8) is 0 Å². The molecule has 100 valence electrons. The van der Waals surface area contributed by atoms with E-state index < -0.39 is 8.32 Å². The molecule has 0 amide bonds. The van der Waals surface area contributed by atoms with E-state index in [1.165, 1.54) is 0 Å². The number of hydrogen-bond acceptors (Lipinski definition) is 3. The summed E-state index contributed by atoms with van der Waals surface area (Å²) >= 11 is 0.